The Hall–Kier alpha value is -2.00. The van der Waals surface area contributed by atoms with E-state index in [1.165, 1.54) is 0 Å². The third-order valence-corrected chi connectivity index (χ3v) is 3.05. The summed E-state index contributed by atoms with van der Waals surface area (Å²) in [5.74, 6) is -0.0787. The van der Waals surface area contributed by atoms with Gasteiger partial charge in [0.05, 0.1) is 6.54 Å². The average molecular weight is 289 g/mol. The molecule has 2 N–H and O–H groups in total. The smallest absolute Gasteiger partial charge is 0.243 e. The molecule has 0 aliphatic carbocycles. The molecule has 0 atom stereocenters. The van der Waals surface area contributed by atoms with E-state index < -0.39 is 0 Å². The molecule has 0 heterocycles. The minimum absolute atomic E-state index is 0.0787. The van der Waals surface area contributed by atoms with Crippen molar-refractivity contribution in [1.29, 1.82) is 0 Å². The lowest BCUT2D eigenvalue weighted by molar-refractivity contribution is -0.114. The van der Waals surface area contributed by atoms with Crippen LogP contribution in [0.3, 0.4) is 0 Å². The lowest BCUT2D eigenvalue weighted by Crippen LogP contribution is -2.21. The van der Waals surface area contributed by atoms with Crippen molar-refractivity contribution in [2.75, 3.05) is 17.2 Å². The molecule has 0 aliphatic rings. The highest BCUT2D eigenvalue weighted by atomic mass is 35.5. The van der Waals surface area contributed by atoms with Crippen molar-refractivity contribution >= 4 is 28.9 Å². The van der Waals surface area contributed by atoms with Gasteiger partial charge in [0.25, 0.3) is 0 Å². The summed E-state index contributed by atoms with van der Waals surface area (Å²) >= 11 is 5.80. The molecule has 3 nitrogen and oxygen atoms in total. The SMILES string of the molecule is Cc1cc(C)cc(NC(=O)CNc2ccc(Cl)cc2)c1. The molecule has 0 unspecified atom stereocenters. The number of benzene rings is 2. The van der Waals surface area contributed by atoms with Gasteiger partial charge in [0.1, 0.15) is 0 Å². The van der Waals surface area contributed by atoms with E-state index in [1.54, 1.807) is 12.1 Å². The van der Waals surface area contributed by atoms with E-state index >= 15 is 0 Å². The Labute approximate surface area is 124 Å². The maximum atomic E-state index is 11.9. The van der Waals surface area contributed by atoms with Crippen LogP contribution in [-0.4, -0.2) is 12.5 Å². The topological polar surface area (TPSA) is 41.1 Å². The van der Waals surface area contributed by atoms with Crippen molar-refractivity contribution < 1.29 is 4.79 Å². The Morgan fingerprint density at radius 2 is 1.60 bits per heavy atom. The summed E-state index contributed by atoms with van der Waals surface area (Å²) < 4.78 is 0. The van der Waals surface area contributed by atoms with Crippen LogP contribution in [0, 0.1) is 13.8 Å². The number of hydrogen-bond donors (Lipinski definition) is 2. The molecule has 2 aromatic rings. The number of carbonyl (C=O) groups excluding carboxylic acids is 1. The normalized spacial score (nSPS) is 10.2. The van der Waals surface area contributed by atoms with Gasteiger partial charge in [-0.15, -0.1) is 0 Å². The van der Waals surface area contributed by atoms with Crippen LogP contribution in [0.4, 0.5) is 11.4 Å². The van der Waals surface area contributed by atoms with Gasteiger partial charge in [-0.25, -0.2) is 0 Å². The fourth-order valence-electron chi connectivity index (χ4n) is 2.00. The van der Waals surface area contributed by atoms with Crippen molar-refractivity contribution in [3.05, 3.63) is 58.6 Å². The fraction of sp³-hybridized carbons (Fsp3) is 0.188. The van der Waals surface area contributed by atoms with Gasteiger partial charge in [0.15, 0.2) is 0 Å². The zero-order valence-corrected chi connectivity index (χ0v) is 12.3. The summed E-state index contributed by atoms with van der Waals surface area (Å²) in [6.07, 6.45) is 0. The minimum atomic E-state index is -0.0787. The molecule has 0 saturated carbocycles. The van der Waals surface area contributed by atoms with Crippen LogP contribution in [0.2, 0.25) is 5.02 Å². The number of rotatable bonds is 4. The Kier molecular flexibility index (Phi) is 4.64. The second-order valence-electron chi connectivity index (χ2n) is 4.79. The highest BCUT2D eigenvalue weighted by Crippen LogP contribution is 2.15. The molecule has 4 heteroatoms. The maximum absolute atomic E-state index is 11.9. The molecule has 0 fully saturated rings. The Morgan fingerprint density at radius 3 is 2.20 bits per heavy atom. The van der Waals surface area contributed by atoms with E-state index in [0.29, 0.717) is 5.02 Å². The first-order valence-corrected chi connectivity index (χ1v) is 6.78. The van der Waals surface area contributed by atoms with E-state index in [1.807, 2.05) is 38.1 Å². The molecule has 0 bridgehead atoms. The van der Waals surface area contributed by atoms with Gasteiger partial charge in [0, 0.05) is 16.4 Å². The minimum Gasteiger partial charge on any atom is -0.376 e. The molecule has 0 spiro atoms. The zero-order valence-electron chi connectivity index (χ0n) is 11.5. The number of hydrogen-bond acceptors (Lipinski definition) is 2. The molecule has 104 valence electrons. The predicted octanol–water partition coefficient (Wildman–Crippen LogP) is 4.01. The van der Waals surface area contributed by atoms with Crippen molar-refractivity contribution in [3.8, 4) is 0 Å². The van der Waals surface area contributed by atoms with Gasteiger partial charge >= 0.3 is 0 Å². The molecule has 1 amide bonds. The van der Waals surface area contributed by atoms with Crippen LogP contribution in [0.5, 0.6) is 0 Å². The molecule has 0 aliphatic heterocycles. The number of anilines is 2. The van der Waals surface area contributed by atoms with Crippen LogP contribution in [0.1, 0.15) is 11.1 Å². The van der Waals surface area contributed by atoms with E-state index in [2.05, 4.69) is 16.7 Å². The van der Waals surface area contributed by atoms with Crippen molar-refractivity contribution in [3.63, 3.8) is 0 Å². The van der Waals surface area contributed by atoms with Crippen LogP contribution in [-0.2, 0) is 4.79 Å². The largest absolute Gasteiger partial charge is 0.376 e. The van der Waals surface area contributed by atoms with Crippen LogP contribution >= 0.6 is 11.6 Å². The molecule has 2 rings (SSSR count). The van der Waals surface area contributed by atoms with E-state index in [-0.39, 0.29) is 12.5 Å². The highest BCUT2D eigenvalue weighted by molar-refractivity contribution is 6.30. The second-order valence-corrected chi connectivity index (χ2v) is 5.22. The summed E-state index contributed by atoms with van der Waals surface area (Å²) in [5, 5.41) is 6.60. The lowest BCUT2D eigenvalue weighted by Gasteiger charge is -2.09. The van der Waals surface area contributed by atoms with Crippen LogP contribution in [0.25, 0.3) is 0 Å². The first kappa shape index (κ1) is 14.4. The van der Waals surface area contributed by atoms with Gasteiger partial charge in [-0.1, -0.05) is 17.7 Å². The van der Waals surface area contributed by atoms with Gasteiger partial charge in [0.2, 0.25) is 5.91 Å². The number of amides is 1. The number of carbonyl (C=O) groups is 1. The first-order chi connectivity index (χ1) is 9.52. The summed E-state index contributed by atoms with van der Waals surface area (Å²) in [4.78, 5) is 11.9. The van der Waals surface area contributed by atoms with Crippen molar-refractivity contribution in [1.82, 2.24) is 0 Å². The lowest BCUT2D eigenvalue weighted by atomic mass is 10.1. The second kappa shape index (κ2) is 6.44. The molecular weight excluding hydrogens is 272 g/mol. The fourth-order valence-corrected chi connectivity index (χ4v) is 2.13. The monoisotopic (exact) mass is 288 g/mol. The number of aryl methyl sites for hydroxylation is 2. The molecule has 0 radical (unpaired) electrons. The molecule has 0 aromatic heterocycles. The number of halogens is 1. The molecule has 20 heavy (non-hydrogen) atoms. The molecule has 0 saturated heterocycles. The summed E-state index contributed by atoms with van der Waals surface area (Å²) in [7, 11) is 0. The van der Waals surface area contributed by atoms with Gasteiger partial charge in [-0.2, -0.15) is 0 Å². The Balaban J connectivity index is 1.90. The van der Waals surface area contributed by atoms with Crippen LogP contribution in [0.15, 0.2) is 42.5 Å². The van der Waals surface area contributed by atoms with E-state index in [4.69, 9.17) is 11.6 Å². The summed E-state index contributed by atoms with van der Waals surface area (Å²) in [6.45, 7) is 4.23. The van der Waals surface area contributed by atoms with E-state index in [9.17, 15) is 4.79 Å². The van der Waals surface area contributed by atoms with Crippen molar-refractivity contribution in [2.45, 2.75) is 13.8 Å². The zero-order chi connectivity index (χ0) is 14.5. The summed E-state index contributed by atoms with van der Waals surface area (Å²) in [5.41, 5.74) is 3.95. The standard InChI is InChI=1S/C16H17ClN2O/c1-11-7-12(2)9-15(8-11)19-16(20)10-18-14-5-3-13(17)4-6-14/h3-9,18H,10H2,1-2H3,(H,19,20). The van der Waals surface area contributed by atoms with Gasteiger partial charge in [-0.05, 0) is 61.4 Å². The van der Waals surface area contributed by atoms with E-state index in [0.717, 1.165) is 22.5 Å². The van der Waals surface area contributed by atoms with Crippen LogP contribution < -0.4 is 10.6 Å². The number of nitrogens with one attached hydrogen (secondary N) is 2. The third kappa shape index (κ3) is 4.28. The highest BCUT2D eigenvalue weighted by Gasteiger charge is 2.03. The third-order valence-electron chi connectivity index (χ3n) is 2.80. The maximum Gasteiger partial charge on any atom is 0.243 e. The summed E-state index contributed by atoms with van der Waals surface area (Å²) in [6, 6.07) is 13.2. The van der Waals surface area contributed by atoms with Crippen molar-refractivity contribution in [2.24, 2.45) is 0 Å². The average Bonchev–Trinajstić information content (AvgIpc) is 2.37. The first-order valence-electron chi connectivity index (χ1n) is 6.40. The Morgan fingerprint density at radius 1 is 1.00 bits per heavy atom. The molecular formula is C16H17ClN2O. The quantitative estimate of drug-likeness (QED) is 0.892. The Bertz CT molecular complexity index is 588. The van der Waals surface area contributed by atoms with Gasteiger partial charge < -0.3 is 10.6 Å². The predicted molar refractivity (Wildman–Crippen MR) is 84.5 cm³/mol. The molecule has 2 aromatic carbocycles. The van der Waals surface area contributed by atoms with Gasteiger partial charge in [-0.3, -0.25) is 4.79 Å².